The molecule has 104 valence electrons. The van der Waals surface area contributed by atoms with Crippen molar-refractivity contribution in [3.05, 3.63) is 50.7 Å². The maximum Gasteiger partial charge on any atom is 0.275 e. The van der Waals surface area contributed by atoms with Gasteiger partial charge < -0.3 is 10.1 Å². The number of nitrogens with one attached hydrogen (secondary N) is 1. The maximum absolute atomic E-state index is 12.2. The third-order valence-corrected chi connectivity index (χ3v) is 3.66. The summed E-state index contributed by atoms with van der Waals surface area (Å²) in [5, 5.41) is 3.12. The predicted octanol–water partition coefficient (Wildman–Crippen LogP) is 4.41. The molecule has 1 heterocycles. The van der Waals surface area contributed by atoms with Crippen molar-refractivity contribution in [2.24, 2.45) is 0 Å². The van der Waals surface area contributed by atoms with Gasteiger partial charge in [-0.15, -0.1) is 0 Å². The number of benzene rings is 1. The normalized spacial score (nSPS) is 10.2. The minimum absolute atomic E-state index is 0.0638. The molecular formula is C13H9BrCl2N2O2. The van der Waals surface area contributed by atoms with Crippen molar-refractivity contribution in [3.63, 3.8) is 0 Å². The zero-order chi connectivity index (χ0) is 14.7. The molecule has 0 saturated heterocycles. The van der Waals surface area contributed by atoms with Crippen LogP contribution in [0.2, 0.25) is 10.2 Å². The molecule has 0 atom stereocenters. The molecule has 1 aromatic heterocycles. The number of anilines is 1. The number of carbonyl (C=O) groups excluding carboxylic acids is 1. The molecule has 0 saturated carbocycles. The number of amides is 1. The van der Waals surface area contributed by atoms with Crippen molar-refractivity contribution in [2.45, 2.75) is 0 Å². The summed E-state index contributed by atoms with van der Waals surface area (Å²) in [4.78, 5) is 16.1. The van der Waals surface area contributed by atoms with E-state index in [9.17, 15) is 4.79 Å². The minimum atomic E-state index is -0.452. The van der Waals surface area contributed by atoms with Gasteiger partial charge in [0, 0.05) is 10.5 Å². The van der Waals surface area contributed by atoms with Gasteiger partial charge in [0.1, 0.15) is 16.6 Å². The Labute approximate surface area is 134 Å². The number of hydrogen-bond acceptors (Lipinski definition) is 3. The average molecular weight is 376 g/mol. The second-order valence-corrected chi connectivity index (χ2v) is 5.41. The van der Waals surface area contributed by atoms with E-state index in [0.29, 0.717) is 15.9 Å². The average Bonchev–Trinajstić information content (AvgIpc) is 2.43. The standard InChI is InChI=1S/C13H9BrCl2N2O2/c1-20-7-2-3-8(14)10(6-7)17-13(19)12-9(15)4-5-11(16)18-12/h2-6H,1H3,(H,17,19). The molecular weight excluding hydrogens is 367 g/mol. The van der Waals surface area contributed by atoms with Gasteiger partial charge in [-0.05, 0) is 40.2 Å². The Hall–Kier alpha value is -1.30. The molecule has 0 unspecified atom stereocenters. The molecule has 0 aliphatic carbocycles. The molecule has 1 aromatic carbocycles. The minimum Gasteiger partial charge on any atom is -0.497 e. The zero-order valence-electron chi connectivity index (χ0n) is 10.3. The molecule has 0 radical (unpaired) electrons. The largest absolute Gasteiger partial charge is 0.497 e. The molecule has 7 heteroatoms. The van der Waals surface area contributed by atoms with E-state index in [4.69, 9.17) is 27.9 Å². The van der Waals surface area contributed by atoms with E-state index in [0.717, 1.165) is 0 Å². The summed E-state index contributed by atoms with van der Waals surface area (Å²) >= 11 is 15.0. The molecule has 0 aliphatic heterocycles. The number of methoxy groups -OCH3 is 1. The highest BCUT2D eigenvalue weighted by Crippen LogP contribution is 2.28. The smallest absolute Gasteiger partial charge is 0.275 e. The maximum atomic E-state index is 12.2. The van der Waals surface area contributed by atoms with Crippen LogP contribution in [0.25, 0.3) is 0 Å². The molecule has 0 spiro atoms. The Bertz CT molecular complexity index is 665. The van der Waals surface area contributed by atoms with Gasteiger partial charge in [-0.3, -0.25) is 4.79 Å². The highest BCUT2D eigenvalue weighted by Gasteiger charge is 2.14. The van der Waals surface area contributed by atoms with E-state index in [1.165, 1.54) is 12.1 Å². The fourth-order valence-electron chi connectivity index (χ4n) is 1.49. The number of ether oxygens (including phenoxy) is 1. The quantitative estimate of drug-likeness (QED) is 0.808. The lowest BCUT2D eigenvalue weighted by atomic mass is 10.2. The van der Waals surface area contributed by atoms with Gasteiger partial charge in [-0.2, -0.15) is 0 Å². The van der Waals surface area contributed by atoms with Gasteiger partial charge in [-0.25, -0.2) is 4.98 Å². The molecule has 4 nitrogen and oxygen atoms in total. The Morgan fingerprint density at radius 2 is 2.05 bits per heavy atom. The molecule has 1 amide bonds. The van der Waals surface area contributed by atoms with Crippen molar-refractivity contribution >= 4 is 50.7 Å². The Balaban J connectivity index is 2.30. The highest BCUT2D eigenvalue weighted by molar-refractivity contribution is 9.10. The number of carbonyl (C=O) groups is 1. The molecule has 2 rings (SSSR count). The van der Waals surface area contributed by atoms with Crippen LogP contribution in [0.1, 0.15) is 10.5 Å². The van der Waals surface area contributed by atoms with E-state index in [-0.39, 0.29) is 15.9 Å². The van der Waals surface area contributed by atoms with Crippen molar-refractivity contribution in [3.8, 4) is 5.75 Å². The molecule has 0 bridgehead atoms. The molecule has 1 N–H and O–H groups in total. The first-order valence-corrected chi connectivity index (χ1v) is 7.03. The fraction of sp³-hybridized carbons (Fsp3) is 0.0769. The number of hydrogen-bond donors (Lipinski definition) is 1. The summed E-state index contributed by atoms with van der Waals surface area (Å²) in [5.41, 5.74) is 0.612. The van der Waals surface area contributed by atoms with Crippen LogP contribution in [-0.4, -0.2) is 18.0 Å². The van der Waals surface area contributed by atoms with E-state index in [1.54, 1.807) is 25.3 Å². The number of pyridine rings is 1. The lowest BCUT2D eigenvalue weighted by Gasteiger charge is -2.09. The van der Waals surface area contributed by atoms with Crippen LogP contribution in [0.4, 0.5) is 5.69 Å². The van der Waals surface area contributed by atoms with Gasteiger partial charge in [0.15, 0.2) is 0 Å². The first-order valence-electron chi connectivity index (χ1n) is 5.48. The molecule has 0 aliphatic rings. The third kappa shape index (κ3) is 3.42. The SMILES string of the molecule is COc1ccc(Br)c(NC(=O)c2nc(Cl)ccc2Cl)c1. The predicted molar refractivity (Wildman–Crippen MR) is 82.9 cm³/mol. The molecule has 2 aromatic rings. The Morgan fingerprint density at radius 3 is 2.75 bits per heavy atom. The number of nitrogens with zero attached hydrogens (tertiary/aromatic N) is 1. The summed E-state index contributed by atoms with van der Waals surface area (Å²) in [5.74, 6) is 0.167. The number of halogens is 3. The topological polar surface area (TPSA) is 51.2 Å². The van der Waals surface area contributed by atoms with Gasteiger partial charge in [0.25, 0.3) is 5.91 Å². The fourth-order valence-corrected chi connectivity index (χ4v) is 2.17. The second kappa shape index (κ2) is 6.43. The van der Waals surface area contributed by atoms with Gasteiger partial charge in [0.2, 0.25) is 0 Å². The summed E-state index contributed by atoms with van der Waals surface area (Å²) in [6.45, 7) is 0. The monoisotopic (exact) mass is 374 g/mol. The number of aromatic nitrogens is 1. The lowest BCUT2D eigenvalue weighted by Crippen LogP contribution is -2.14. The van der Waals surface area contributed by atoms with Crippen LogP contribution >= 0.6 is 39.1 Å². The molecule has 0 fully saturated rings. The first kappa shape index (κ1) is 15.1. The van der Waals surface area contributed by atoms with Crippen molar-refractivity contribution in [1.82, 2.24) is 4.98 Å². The van der Waals surface area contributed by atoms with Gasteiger partial charge >= 0.3 is 0 Å². The summed E-state index contributed by atoms with van der Waals surface area (Å²) in [6, 6.07) is 8.25. The van der Waals surface area contributed by atoms with Gasteiger partial charge in [-0.1, -0.05) is 23.2 Å². The van der Waals surface area contributed by atoms with Crippen LogP contribution in [0.5, 0.6) is 5.75 Å². The molecule has 20 heavy (non-hydrogen) atoms. The van der Waals surface area contributed by atoms with E-state index in [1.807, 2.05) is 0 Å². The van der Waals surface area contributed by atoms with Crippen LogP contribution in [0, 0.1) is 0 Å². The van der Waals surface area contributed by atoms with Crippen LogP contribution in [-0.2, 0) is 0 Å². The zero-order valence-corrected chi connectivity index (χ0v) is 13.4. The van der Waals surface area contributed by atoms with Crippen molar-refractivity contribution < 1.29 is 9.53 Å². The Morgan fingerprint density at radius 1 is 1.30 bits per heavy atom. The summed E-state index contributed by atoms with van der Waals surface area (Å²) in [7, 11) is 1.55. The van der Waals surface area contributed by atoms with Crippen molar-refractivity contribution in [1.29, 1.82) is 0 Å². The van der Waals surface area contributed by atoms with Crippen LogP contribution < -0.4 is 10.1 Å². The van der Waals surface area contributed by atoms with Crippen molar-refractivity contribution in [2.75, 3.05) is 12.4 Å². The first-order chi connectivity index (χ1) is 9.51. The highest BCUT2D eigenvalue weighted by atomic mass is 79.9. The van der Waals surface area contributed by atoms with Crippen LogP contribution in [0.15, 0.2) is 34.8 Å². The number of rotatable bonds is 3. The van der Waals surface area contributed by atoms with E-state index < -0.39 is 5.91 Å². The van der Waals surface area contributed by atoms with E-state index >= 15 is 0 Å². The lowest BCUT2D eigenvalue weighted by molar-refractivity contribution is 0.102. The third-order valence-electron chi connectivity index (χ3n) is 2.45. The summed E-state index contributed by atoms with van der Waals surface area (Å²) < 4.78 is 5.82. The second-order valence-electron chi connectivity index (χ2n) is 3.76. The Kier molecular flexibility index (Phi) is 4.86. The van der Waals surface area contributed by atoms with Crippen LogP contribution in [0.3, 0.4) is 0 Å². The summed E-state index contributed by atoms with van der Waals surface area (Å²) in [6.07, 6.45) is 0. The van der Waals surface area contributed by atoms with Gasteiger partial charge in [0.05, 0.1) is 17.8 Å². The van der Waals surface area contributed by atoms with E-state index in [2.05, 4.69) is 26.2 Å².